The molecule has 1 aromatic rings. The smallest absolute Gasteiger partial charge is 0.244 e. The summed E-state index contributed by atoms with van der Waals surface area (Å²) in [4.78, 5) is 26.3. The van der Waals surface area contributed by atoms with Gasteiger partial charge in [-0.15, -0.1) is 12.4 Å². The minimum Gasteiger partial charge on any atom is -0.372 e. The van der Waals surface area contributed by atoms with E-state index in [1.54, 1.807) is 22.0 Å². The van der Waals surface area contributed by atoms with E-state index in [1.165, 1.54) is 0 Å². The molecule has 2 aliphatic heterocycles. The second kappa shape index (κ2) is 8.64. The van der Waals surface area contributed by atoms with Gasteiger partial charge in [0.25, 0.3) is 0 Å². The summed E-state index contributed by atoms with van der Waals surface area (Å²) in [5.74, 6) is -0.0374. The van der Waals surface area contributed by atoms with Gasteiger partial charge < -0.3 is 20.3 Å². The van der Waals surface area contributed by atoms with E-state index in [0.717, 1.165) is 19.4 Å². The third-order valence-corrected chi connectivity index (χ3v) is 4.35. The maximum atomic E-state index is 12.4. The largest absolute Gasteiger partial charge is 0.372 e. The second-order valence-corrected chi connectivity index (χ2v) is 6.62. The monoisotopic (exact) mass is 371 g/mol. The van der Waals surface area contributed by atoms with Gasteiger partial charge in [0.05, 0.1) is 30.1 Å². The Morgan fingerprint density at radius 3 is 2.72 bits per heavy atom. The standard InChI is InChI=1S/C16H25N5O3.ClH/c1-11-7-20(8-12(2)24-11)15(22)10-21-9-13(6-18-21)19-16(23)14-4-3-5-17-14;/h6,9,11-12,14,17H,3-5,7-8,10H2,1-2H3,(H,19,23);1H. The molecule has 140 valence electrons. The zero-order chi connectivity index (χ0) is 17.1. The van der Waals surface area contributed by atoms with Crippen LogP contribution in [0.3, 0.4) is 0 Å². The molecule has 0 saturated carbocycles. The first-order valence-corrected chi connectivity index (χ1v) is 8.51. The number of anilines is 1. The lowest BCUT2D eigenvalue weighted by Crippen LogP contribution is -2.49. The summed E-state index contributed by atoms with van der Waals surface area (Å²) in [5, 5.41) is 10.2. The first-order valence-electron chi connectivity index (χ1n) is 8.51. The average Bonchev–Trinajstić information content (AvgIpc) is 3.18. The Labute approximate surface area is 153 Å². The highest BCUT2D eigenvalue weighted by atomic mass is 35.5. The second-order valence-electron chi connectivity index (χ2n) is 6.62. The average molecular weight is 372 g/mol. The number of hydrogen-bond acceptors (Lipinski definition) is 5. The van der Waals surface area contributed by atoms with E-state index in [4.69, 9.17) is 4.74 Å². The van der Waals surface area contributed by atoms with Crippen LogP contribution in [0, 0.1) is 0 Å². The van der Waals surface area contributed by atoms with Crippen molar-refractivity contribution >= 4 is 29.9 Å². The molecule has 8 nitrogen and oxygen atoms in total. The maximum Gasteiger partial charge on any atom is 0.244 e. The molecule has 2 N–H and O–H groups in total. The lowest BCUT2D eigenvalue weighted by Gasteiger charge is -2.35. The molecule has 2 amide bonds. The Bertz CT molecular complexity index is 592. The Balaban J connectivity index is 0.00000225. The fourth-order valence-electron chi connectivity index (χ4n) is 3.27. The summed E-state index contributed by atoms with van der Waals surface area (Å²) < 4.78 is 7.20. The van der Waals surface area contributed by atoms with E-state index in [2.05, 4.69) is 15.7 Å². The predicted octanol–water partition coefficient (Wildman–Crippen LogP) is 0.631. The van der Waals surface area contributed by atoms with Gasteiger partial charge in [0.15, 0.2) is 0 Å². The third-order valence-electron chi connectivity index (χ3n) is 4.35. The van der Waals surface area contributed by atoms with Crippen LogP contribution in [0.25, 0.3) is 0 Å². The minimum absolute atomic E-state index is 0. The van der Waals surface area contributed by atoms with Gasteiger partial charge in [0, 0.05) is 19.3 Å². The first-order chi connectivity index (χ1) is 11.5. The van der Waals surface area contributed by atoms with Crippen molar-refractivity contribution in [1.29, 1.82) is 0 Å². The van der Waals surface area contributed by atoms with Gasteiger partial charge in [-0.1, -0.05) is 0 Å². The van der Waals surface area contributed by atoms with Crippen molar-refractivity contribution in [2.45, 2.75) is 51.5 Å². The molecular formula is C16H26ClN5O3. The molecule has 3 unspecified atom stereocenters. The predicted molar refractivity (Wildman–Crippen MR) is 95.7 cm³/mol. The number of rotatable bonds is 4. The lowest BCUT2D eigenvalue weighted by atomic mass is 10.2. The molecule has 2 fully saturated rings. The number of ether oxygens (including phenoxy) is 1. The van der Waals surface area contributed by atoms with Gasteiger partial charge in [-0.05, 0) is 33.2 Å². The van der Waals surface area contributed by atoms with Gasteiger partial charge >= 0.3 is 0 Å². The van der Waals surface area contributed by atoms with E-state index in [0.29, 0.717) is 18.8 Å². The molecule has 2 aliphatic rings. The summed E-state index contributed by atoms with van der Waals surface area (Å²) in [5.41, 5.74) is 0.616. The Morgan fingerprint density at radius 1 is 1.36 bits per heavy atom. The van der Waals surface area contributed by atoms with Crippen molar-refractivity contribution in [2.75, 3.05) is 25.0 Å². The van der Waals surface area contributed by atoms with Crippen LogP contribution in [0.15, 0.2) is 12.4 Å². The van der Waals surface area contributed by atoms with Crippen molar-refractivity contribution < 1.29 is 14.3 Å². The van der Waals surface area contributed by atoms with Crippen LogP contribution >= 0.6 is 12.4 Å². The van der Waals surface area contributed by atoms with Gasteiger partial charge in [0.2, 0.25) is 11.8 Å². The number of halogens is 1. The van der Waals surface area contributed by atoms with Crippen LogP contribution < -0.4 is 10.6 Å². The van der Waals surface area contributed by atoms with E-state index in [1.807, 2.05) is 13.8 Å². The van der Waals surface area contributed by atoms with Gasteiger partial charge in [-0.2, -0.15) is 5.10 Å². The third kappa shape index (κ3) is 5.17. The molecule has 3 rings (SSSR count). The van der Waals surface area contributed by atoms with Crippen LogP contribution in [-0.4, -0.2) is 64.4 Å². The molecular weight excluding hydrogens is 346 g/mol. The fourth-order valence-corrected chi connectivity index (χ4v) is 3.27. The van der Waals surface area contributed by atoms with E-state index in [9.17, 15) is 9.59 Å². The zero-order valence-electron chi connectivity index (χ0n) is 14.6. The highest BCUT2D eigenvalue weighted by molar-refractivity contribution is 5.94. The summed E-state index contributed by atoms with van der Waals surface area (Å²) in [6, 6.07) is -0.133. The SMILES string of the molecule is CC1CN(C(=O)Cn2cc(NC(=O)C3CCCN3)cn2)CC(C)O1.Cl. The number of carbonyl (C=O) groups is 2. The summed E-state index contributed by atoms with van der Waals surface area (Å²) in [6.07, 6.45) is 5.23. The normalized spacial score (nSPS) is 26.2. The number of nitrogens with one attached hydrogen (secondary N) is 2. The van der Waals surface area contributed by atoms with Crippen LogP contribution in [0.1, 0.15) is 26.7 Å². The van der Waals surface area contributed by atoms with Crippen molar-refractivity contribution in [1.82, 2.24) is 20.0 Å². The molecule has 0 spiro atoms. The maximum absolute atomic E-state index is 12.4. The molecule has 0 radical (unpaired) electrons. The summed E-state index contributed by atoms with van der Waals surface area (Å²) in [7, 11) is 0. The number of morpholine rings is 1. The molecule has 9 heteroatoms. The molecule has 3 atom stereocenters. The molecule has 1 aromatic heterocycles. The van der Waals surface area contributed by atoms with Crippen LogP contribution in [0.5, 0.6) is 0 Å². The van der Waals surface area contributed by atoms with E-state index >= 15 is 0 Å². The van der Waals surface area contributed by atoms with Crippen molar-refractivity contribution in [3.63, 3.8) is 0 Å². The van der Waals surface area contributed by atoms with Crippen LogP contribution in [0.2, 0.25) is 0 Å². The van der Waals surface area contributed by atoms with Crippen molar-refractivity contribution in [3.8, 4) is 0 Å². The minimum atomic E-state index is -0.133. The van der Waals surface area contributed by atoms with Crippen molar-refractivity contribution in [2.24, 2.45) is 0 Å². The summed E-state index contributed by atoms with van der Waals surface area (Å²) in [6.45, 7) is 6.17. The molecule has 2 saturated heterocycles. The van der Waals surface area contributed by atoms with Crippen molar-refractivity contribution in [3.05, 3.63) is 12.4 Å². The lowest BCUT2D eigenvalue weighted by molar-refractivity contribution is -0.144. The quantitative estimate of drug-likeness (QED) is 0.810. The van der Waals surface area contributed by atoms with Gasteiger partial charge in [-0.3, -0.25) is 14.3 Å². The van der Waals surface area contributed by atoms with Crippen LogP contribution in [-0.2, 0) is 20.9 Å². The zero-order valence-corrected chi connectivity index (χ0v) is 15.4. The number of aromatic nitrogens is 2. The highest BCUT2D eigenvalue weighted by Gasteiger charge is 2.26. The number of carbonyl (C=O) groups excluding carboxylic acids is 2. The Morgan fingerprint density at radius 2 is 2.08 bits per heavy atom. The number of nitrogens with zero attached hydrogens (tertiary/aromatic N) is 3. The molecule has 0 aliphatic carbocycles. The molecule has 0 aromatic carbocycles. The molecule has 0 bridgehead atoms. The van der Waals surface area contributed by atoms with E-state index in [-0.39, 0.29) is 49.0 Å². The molecule has 3 heterocycles. The number of amides is 2. The fraction of sp³-hybridized carbons (Fsp3) is 0.688. The molecule has 25 heavy (non-hydrogen) atoms. The number of hydrogen-bond donors (Lipinski definition) is 2. The van der Waals surface area contributed by atoms with Gasteiger partial charge in [0.1, 0.15) is 6.54 Å². The topological polar surface area (TPSA) is 88.5 Å². The highest BCUT2D eigenvalue weighted by Crippen LogP contribution is 2.13. The van der Waals surface area contributed by atoms with Gasteiger partial charge in [-0.25, -0.2) is 0 Å². The van der Waals surface area contributed by atoms with E-state index < -0.39 is 0 Å². The Kier molecular flexibility index (Phi) is 6.80. The first kappa shape index (κ1) is 19.7. The Hall–Kier alpha value is -1.64. The van der Waals surface area contributed by atoms with Crippen LogP contribution in [0.4, 0.5) is 5.69 Å². The summed E-state index contributed by atoms with van der Waals surface area (Å²) >= 11 is 0.